The van der Waals surface area contributed by atoms with Gasteiger partial charge < -0.3 is 0 Å². The molecule has 0 saturated carbocycles. The SMILES string of the molecule is O=C(Cl)C1C=CC=C(Cl)C1([N+](=O)[O-])[N+](=O)[O-]. The quantitative estimate of drug-likeness (QED) is 0.332. The predicted octanol–water partition coefficient (Wildman–Crippen LogP) is 1.31. The average molecular weight is 267 g/mol. The fourth-order valence-corrected chi connectivity index (χ4v) is 1.91. The van der Waals surface area contributed by atoms with Crippen LogP contribution in [0.4, 0.5) is 0 Å². The molecule has 86 valence electrons. The summed E-state index contributed by atoms with van der Waals surface area (Å²) in [7, 11) is 0. The number of hydrogen-bond donors (Lipinski definition) is 0. The van der Waals surface area contributed by atoms with Gasteiger partial charge >= 0.3 is 5.66 Å². The van der Waals surface area contributed by atoms with E-state index in [0.717, 1.165) is 12.2 Å². The number of nitro groups is 2. The zero-order valence-electron chi connectivity index (χ0n) is 7.50. The fourth-order valence-electron chi connectivity index (χ4n) is 1.36. The van der Waals surface area contributed by atoms with Crippen LogP contribution in [0.15, 0.2) is 23.3 Å². The summed E-state index contributed by atoms with van der Waals surface area (Å²) in [6, 6.07) is 0. The van der Waals surface area contributed by atoms with Crippen molar-refractivity contribution in [3.8, 4) is 0 Å². The molecule has 0 aliphatic heterocycles. The summed E-state index contributed by atoms with van der Waals surface area (Å²) in [4.78, 5) is 30.2. The highest BCUT2D eigenvalue weighted by atomic mass is 35.5. The van der Waals surface area contributed by atoms with Gasteiger partial charge in [0.25, 0.3) is 0 Å². The Morgan fingerprint density at radius 1 is 1.38 bits per heavy atom. The highest BCUT2D eigenvalue weighted by molar-refractivity contribution is 6.64. The number of halogens is 2. The first-order valence-electron chi connectivity index (χ1n) is 3.88. The Morgan fingerprint density at radius 3 is 2.19 bits per heavy atom. The lowest BCUT2D eigenvalue weighted by molar-refractivity contribution is -0.787. The molecule has 0 radical (unpaired) electrons. The smallest absolute Gasteiger partial charge is 0.280 e. The van der Waals surface area contributed by atoms with Crippen molar-refractivity contribution >= 4 is 28.4 Å². The van der Waals surface area contributed by atoms with Crippen LogP contribution >= 0.6 is 23.2 Å². The van der Waals surface area contributed by atoms with Gasteiger partial charge in [-0.25, -0.2) is 0 Å². The molecule has 0 fully saturated rings. The third-order valence-electron chi connectivity index (χ3n) is 2.13. The third-order valence-corrected chi connectivity index (χ3v) is 2.77. The van der Waals surface area contributed by atoms with Gasteiger partial charge in [-0.3, -0.25) is 25.0 Å². The second-order valence-corrected chi connectivity index (χ2v) is 3.70. The van der Waals surface area contributed by atoms with Crippen LogP contribution in [-0.4, -0.2) is 20.8 Å². The van der Waals surface area contributed by atoms with E-state index < -0.39 is 31.7 Å². The van der Waals surface area contributed by atoms with Gasteiger partial charge in [-0.1, -0.05) is 23.8 Å². The van der Waals surface area contributed by atoms with Crippen molar-refractivity contribution in [1.82, 2.24) is 0 Å². The maximum atomic E-state index is 11.0. The van der Waals surface area contributed by atoms with Gasteiger partial charge in [0.2, 0.25) is 5.24 Å². The van der Waals surface area contributed by atoms with Crippen LogP contribution in [0.25, 0.3) is 0 Å². The summed E-state index contributed by atoms with van der Waals surface area (Å²) < 4.78 is 0. The molecular weight excluding hydrogens is 263 g/mol. The van der Waals surface area contributed by atoms with E-state index >= 15 is 0 Å². The first kappa shape index (κ1) is 12.6. The van der Waals surface area contributed by atoms with E-state index in [0.29, 0.717) is 0 Å². The maximum absolute atomic E-state index is 11.0. The van der Waals surface area contributed by atoms with Gasteiger partial charge in [0.1, 0.15) is 9.85 Å². The third kappa shape index (κ3) is 1.57. The van der Waals surface area contributed by atoms with Crippen molar-refractivity contribution < 1.29 is 14.6 Å². The number of nitrogens with zero attached hydrogens (tertiary/aromatic N) is 2. The molecule has 0 heterocycles. The second-order valence-electron chi connectivity index (χ2n) is 2.92. The second kappa shape index (κ2) is 4.18. The molecule has 1 aliphatic carbocycles. The van der Waals surface area contributed by atoms with Crippen molar-refractivity contribution in [2.75, 3.05) is 0 Å². The van der Waals surface area contributed by atoms with E-state index in [1.54, 1.807) is 0 Å². The topological polar surface area (TPSA) is 103 Å². The molecule has 0 saturated heterocycles. The van der Waals surface area contributed by atoms with Crippen LogP contribution in [0.3, 0.4) is 0 Å². The summed E-state index contributed by atoms with van der Waals surface area (Å²) in [5, 5.41) is 19.8. The van der Waals surface area contributed by atoms with Crippen molar-refractivity contribution in [2.45, 2.75) is 5.66 Å². The lowest BCUT2D eigenvalue weighted by Crippen LogP contribution is -2.55. The van der Waals surface area contributed by atoms with Crippen LogP contribution in [0.2, 0.25) is 0 Å². The summed E-state index contributed by atoms with van der Waals surface area (Å²) in [6.45, 7) is 0. The normalized spacial score (nSPS) is 22.4. The average Bonchev–Trinajstić information content (AvgIpc) is 2.15. The Morgan fingerprint density at radius 2 is 1.88 bits per heavy atom. The standard InChI is InChI=1S/C7H4Cl2N2O5/c8-5-3-1-2-4(6(9)12)7(5,10(13)14)11(15)16/h1-4H. The largest absolute Gasteiger partial charge is 0.508 e. The van der Waals surface area contributed by atoms with Crippen LogP contribution in [0.5, 0.6) is 0 Å². The highest BCUT2D eigenvalue weighted by Gasteiger charge is 2.68. The van der Waals surface area contributed by atoms with Crippen molar-refractivity contribution in [3.63, 3.8) is 0 Å². The molecule has 1 aliphatic rings. The van der Waals surface area contributed by atoms with E-state index in [2.05, 4.69) is 0 Å². The minimum absolute atomic E-state index is 0.663. The first-order valence-corrected chi connectivity index (χ1v) is 4.63. The Hall–Kier alpha value is -1.47. The molecule has 0 aromatic heterocycles. The first-order chi connectivity index (χ1) is 7.35. The summed E-state index contributed by atoms with van der Waals surface area (Å²) in [6.07, 6.45) is 3.18. The molecule has 0 aromatic rings. The number of carbonyl (C=O) groups excluding carboxylic acids is 1. The van der Waals surface area contributed by atoms with E-state index in [-0.39, 0.29) is 0 Å². The van der Waals surface area contributed by atoms with Gasteiger partial charge in [-0.05, 0) is 17.7 Å². The molecule has 1 rings (SSSR count). The van der Waals surface area contributed by atoms with Gasteiger partial charge in [0, 0.05) is 0 Å². The monoisotopic (exact) mass is 266 g/mol. The van der Waals surface area contributed by atoms with Gasteiger partial charge in [-0.15, -0.1) is 0 Å². The molecule has 0 spiro atoms. The van der Waals surface area contributed by atoms with Crippen molar-refractivity contribution in [2.24, 2.45) is 5.92 Å². The van der Waals surface area contributed by atoms with Crippen LogP contribution in [0.1, 0.15) is 0 Å². The molecule has 7 nitrogen and oxygen atoms in total. The Kier molecular flexibility index (Phi) is 3.30. The Bertz CT molecular complexity index is 416. The van der Waals surface area contributed by atoms with Gasteiger partial charge in [-0.2, -0.15) is 0 Å². The molecule has 0 aromatic carbocycles. The zero-order chi connectivity index (χ0) is 12.5. The number of carbonyl (C=O) groups is 1. The van der Waals surface area contributed by atoms with Crippen LogP contribution in [0, 0.1) is 26.1 Å². The van der Waals surface area contributed by atoms with Gasteiger partial charge in [0.15, 0.2) is 11.0 Å². The number of rotatable bonds is 3. The Balaban J connectivity index is 3.47. The Labute approximate surface area is 98.6 Å². The van der Waals surface area contributed by atoms with E-state index in [1.807, 2.05) is 0 Å². The molecule has 16 heavy (non-hydrogen) atoms. The lowest BCUT2D eigenvalue weighted by atomic mass is 9.90. The minimum Gasteiger partial charge on any atom is -0.280 e. The molecule has 0 amide bonds. The highest BCUT2D eigenvalue weighted by Crippen LogP contribution is 2.38. The lowest BCUT2D eigenvalue weighted by Gasteiger charge is -2.22. The maximum Gasteiger partial charge on any atom is 0.508 e. The summed E-state index contributed by atoms with van der Waals surface area (Å²) >= 11 is 10.6. The minimum atomic E-state index is -2.92. The molecule has 1 atom stereocenters. The fraction of sp³-hybridized carbons (Fsp3) is 0.286. The molecule has 9 heteroatoms. The van der Waals surface area contributed by atoms with E-state index in [9.17, 15) is 25.0 Å². The van der Waals surface area contributed by atoms with Gasteiger partial charge in [0.05, 0.1) is 0 Å². The number of hydrogen-bond acceptors (Lipinski definition) is 5. The van der Waals surface area contributed by atoms with E-state index in [4.69, 9.17) is 23.2 Å². The molecule has 0 bridgehead atoms. The number of allylic oxidation sites excluding steroid dienone is 2. The van der Waals surface area contributed by atoms with Crippen molar-refractivity contribution in [3.05, 3.63) is 43.5 Å². The van der Waals surface area contributed by atoms with Crippen LogP contribution < -0.4 is 0 Å². The predicted molar refractivity (Wildman–Crippen MR) is 54.1 cm³/mol. The summed E-state index contributed by atoms with van der Waals surface area (Å²) in [5.74, 6) is -1.73. The molecule has 0 N–H and O–H groups in total. The zero-order valence-corrected chi connectivity index (χ0v) is 9.01. The molecular formula is C7H4Cl2N2O5. The van der Waals surface area contributed by atoms with E-state index in [1.165, 1.54) is 6.08 Å². The summed E-state index contributed by atoms with van der Waals surface area (Å²) in [5.41, 5.74) is -2.92. The van der Waals surface area contributed by atoms with Crippen molar-refractivity contribution in [1.29, 1.82) is 0 Å². The molecule has 1 unspecified atom stereocenters. The van der Waals surface area contributed by atoms with Crippen LogP contribution in [-0.2, 0) is 4.79 Å².